The Balaban J connectivity index is 1.85. The van der Waals surface area contributed by atoms with E-state index in [0.717, 1.165) is 20.3 Å². The summed E-state index contributed by atoms with van der Waals surface area (Å²) in [5.41, 5.74) is 1.73. The summed E-state index contributed by atoms with van der Waals surface area (Å²) in [6.45, 7) is 0. The minimum atomic E-state index is -0.0915. The molecule has 20 heavy (non-hydrogen) atoms. The molecule has 0 fully saturated rings. The second kappa shape index (κ2) is 5.64. The molecule has 0 amide bonds. The first-order valence-electron chi connectivity index (χ1n) is 5.91. The van der Waals surface area contributed by atoms with E-state index in [-0.39, 0.29) is 5.78 Å². The highest BCUT2D eigenvalue weighted by atomic mass is 79.9. The number of nitrogens with zero attached hydrogens (tertiary/aromatic N) is 2. The molecule has 0 aliphatic carbocycles. The normalized spacial score (nSPS) is 11.2. The van der Waals surface area contributed by atoms with Crippen molar-refractivity contribution in [3.63, 3.8) is 0 Å². The fourth-order valence-corrected chi connectivity index (χ4v) is 3.01. The Labute approximate surface area is 128 Å². The molecule has 0 unspecified atom stereocenters. The van der Waals surface area contributed by atoms with E-state index in [2.05, 4.69) is 25.9 Å². The molecule has 0 radical (unpaired) electrons. The van der Waals surface area contributed by atoms with Crippen molar-refractivity contribution >= 4 is 49.3 Å². The number of halogens is 1. The van der Waals surface area contributed by atoms with Crippen LogP contribution in [0.2, 0.25) is 0 Å². The first-order valence-corrected chi connectivity index (χ1v) is 7.52. The summed E-state index contributed by atoms with van der Waals surface area (Å²) in [5, 5.41) is 0.505. The first kappa shape index (κ1) is 13.1. The lowest BCUT2D eigenvalue weighted by molar-refractivity contribution is 0.104. The second-order valence-electron chi connectivity index (χ2n) is 4.12. The quantitative estimate of drug-likeness (QED) is 0.524. The van der Waals surface area contributed by atoms with Gasteiger partial charge >= 0.3 is 0 Å². The van der Waals surface area contributed by atoms with Crippen LogP contribution >= 0.6 is 27.3 Å². The number of fused-ring (bicyclic) bond motifs is 1. The van der Waals surface area contributed by atoms with Gasteiger partial charge in [-0.25, -0.2) is 4.98 Å². The topological polar surface area (TPSA) is 42.9 Å². The Morgan fingerprint density at radius 1 is 1.25 bits per heavy atom. The number of aromatic nitrogens is 2. The van der Waals surface area contributed by atoms with Gasteiger partial charge in [0.25, 0.3) is 0 Å². The zero-order chi connectivity index (χ0) is 13.9. The zero-order valence-corrected chi connectivity index (χ0v) is 12.7. The molecule has 3 aromatic rings. The average molecular weight is 345 g/mol. The van der Waals surface area contributed by atoms with Crippen molar-refractivity contribution in [2.45, 2.75) is 0 Å². The highest BCUT2D eigenvalue weighted by Gasteiger charge is 2.08. The van der Waals surface area contributed by atoms with E-state index in [4.69, 9.17) is 0 Å². The van der Waals surface area contributed by atoms with Crippen molar-refractivity contribution in [3.05, 3.63) is 63.8 Å². The van der Waals surface area contributed by atoms with Gasteiger partial charge in [-0.1, -0.05) is 12.1 Å². The molecule has 3 nitrogen and oxygen atoms in total. The lowest BCUT2D eigenvalue weighted by Gasteiger charge is -1.93. The lowest BCUT2D eigenvalue weighted by atomic mass is 10.2. The van der Waals surface area contributed by atoms with Gasteiger partial charge in [-0.15, -0.1) is 11.3 Å². The molecule has 1 aromatic carbocycles. The van der Waals surface area contributed by atoms with Gasteiger partial charge in [0.1, 0.15) is 0 Å². The molecule has 0 atom stereocenters. The summed E-state index contributed by atoms with van der Waals surface area (Å²) in [4.78, 5) is 20.5. The first-order chi connectivity index (χ1) is 9.72. The maximum atomic E-state index is 12.1. The third-order valence-electron chi connectivity index (χ3n) is 2.66. The van der Waals surface area contributed by atoms with Crippen LogP contribution in [0.3, 0.4) is 0 Å². The zero-order valence-electron chi connectivity index (χ0n) is 10.3. The molecule has 0 spiro atoms. The van der Waals surface area contributed by atoms with Crippen LogP contribution in [0, 0.1) is 0 Å². The van der Waals surface area contributed by atoms with Crippen LogP contribution in [0.25, 0.3) is 16.3 Å². The number of rotatable bonds is 3. The maximum Gasteiger partial charge on any atom is 0.214 e. The van der Waals surface area contributed by atoms with Crippen molar-refractivity contribution in [2.24, 2.45) is 0 Å². The number of carbonyl (C=O) groups is 1. The van der Waals surface area contributed by atoms with Crippen molar-refractivity contribution in [2.75, 3.05) is 0 Å². The van der Waals surface area contributed by atoms with E-state index in [1.165, 1.54) is 17.4 Å². The highest BCUT2D eigenvalue weighted by Crippen LogP contribution is 2.22. The minimum Gasteiger partial charge on any atom is -0.287 e. The van der Waals surface area contributed by atoms with Crippen molar-refractivity contribution in [3.8, 4) is 0 Å². The van der Waals surface area contributed by atoms with Crippen molar-refractivity contribution in [1.29, 1.82) is 0 Å². The third kappa shape index (κ3) is 2.84. The summed E-state index contributed by atoms with van der Waals surface area (Å²) in [5.74, 6) is -0.0915. The molecule has 0 N–H and O–H groups in total. The highest BCUT2D eigenvalue weighted by molar-refractivity contribution is 9.10. The van der Waals surface area contributed by atoms with E-state index in [9.17, 15) is 4.79 Å². The molecule has 0 aliphatic heterocycles. The van der Waals surface area contributed by atoms with Gasteiger partial charge in [0.2, 0.25) is 5.78 Å². The molecule has 5 heteroatoms. The number of benzene rings is 1. The summed E-state index contributed by atoms with van der Waals surface area (Å²) >= 11 is 4.75. The number of allylic oxidation sites excluding steroid dienone is 1. The molecule has 0 saturated heterocycles. The molecule has 3 rings (SSSR count). The Morgan fingerprint density at radius 2 is 2.10 bits per heavy atom. The molecule has 2 aromatic heterocycles. The Bertz CT molecular complexity index is 777. The third-order valence-corrected chi connectivity index (χ3v) is 4.14. The number of carbonyl (C=O) groups excluding carboxylic acids is 1. The Morgan fingerprint density at radius 3 is 2.90 bits per heavy atom. The second-order valence-corrected chi connectivity index (χ2v) is 6.07. The fourth-order valence-electron chi connectivity index (χ4n) is 1.74. The van der Waals surface area contributed by atoms with Crippen LogP contribution in [0.15, 0.2) is 53.3 Å². The van der Waals surface area contributed by atoms with Gasteiger partial charge in [0, 0.05) is 16.9 Å². The van der Waals surface area contributed by atoms with Crippen LogP contribution in [0.1, 0.15) is 15.4 Å². The van der Waals surface area contributed by atoms with Gasteiger partial charge in [0.05, 0.1) is 10.2 Å². The molecule has 0 bridgehead atoms. The minimum absolute atomic E-state index is 0.0915. The predicted octanol–water partition coefficient (Wildman–Crippen LogP) is 4.35. The summed E-state index contributed by atoms with van der Waals surface area (Å²) < 4.78 is 1.90. The molecule has 2 heterocycles. The van der Waals surface area contributed by atoms with Gasteiger partial charge in [0.15, 0.2) is 5.01 Å². The molecule has 98 valence electrons. The number of hydrogen-bond donors (Lipinski definition) is 0. The van der Waals surface area contributed by atoms with Gasteiger partial charge in [-0.2, -0.15) is 0 Å². The summed E-state index contributed by atoms with van der Waals surface area (Å²) in [7, 11) is 0. The maximum absolute atomic E-state index is 12.1. The number of pyridine rings is 1. The SMILES string of the molecule is O=C(/C=C/c1cncc(Br)c1)c1nc2ccccc2s1. The van der Waals surface area contributed by atoms with E-state index < -0.39 is 0 Å². The molecular formula is C15H9BrN2OS. The van der Waals surface area contributed by atoms with Crippen LogP contribution in [0.5, 0.6) is 0 Å². The van der Waals surface area contributed by atoms with Gasteiger partial charge in [-0.3, -0.25) is 9.78 Å². The standard InChI is InChI=1S/C15H9BrN2OS/c16-11-7-10(8-17-9-11)5-6-13(19)15-18-12-3-1-2-4-14(12)20-15/h1-9H/b6-5+. The summed E-state index contributed by atoms with van der Waals surface area (Å²) in [6, 6.07) is 9.63. The van der Waals surface area contributed by atoms with Gasteiger partial charge in [-0.05, 0) is 51.8 Å². The van der Waals surface area contributed by atoms with Crippen molar-refractivity contribution < 1.29 is 4.79 Å². The van der Waals surface area contributed by atoms with Crippen LogP contribution in [-0.4, -0.2) is 15.8 Å². The lowest BCUT2D eigenvalue weighted by Crippen LogP contribution is -1.92. The monoisotopic (exact) mass is 344 g/mol. The van der Waals surface area contributed by atoms with Crippen LogP contribution in [-0.2, 0) is 0 Å². The average Bonchev–Trinajstić information content (AvgIpc) is 2.89. The van der Waals surface area contributed by atoms with Crippen LogP contribution in [0.4, 0.5) is 0 Å². The Kier molecular flexibility index (Phi) is 3.71. The van der Waals surface area contributed by atoms with E-state index in [0.29, 0.717) is 5.01 Å². The van der Waals surface area contributed by atoms with Crippen LogP contribution < -0.4 is 0 Å². The van der Waals surface area contributed by atoms with E-state index >= 15 is 0 Å². The summed E-state index contributed by atoms with van der Waals surface area (Å²) in [6.07, 6.45) is 6.67. The molecule has 0 aliphatic rings. The largest absolute Gasteiger partial charge is 0.287 e. The smallest absolute Gasteiger partial charge is 0.214 e. The van der Waals surface area contributed by atoms with Gasteiger partial charge < -0.3 is 0 Å². The fraction of sp³-hybridized carbons (Fsp3) is 0. The Hall–Kier alpha value is -1.85. The number of hydrogen-bond acceptors (Lipinski definition) is 4. The molecular weight excluding hydrogens is 336 g/mol. The van der Waals surface area contributed by atoms with E-state index in [1.54, 1.807) is 18.5 Å². The number of ketones is 1. The number of thiazole rings is 1. The van der Waals surface area contributed by atoms with Crippen molar-refractivity contribution in [1.82, 2.24) is 9.97 Å². The number of para-hydroxylation sites is 1. The molecule has 0 saturated carbocycles. The van der Waals surface area contributed by atoms with E-state index in [1.807, 2.05) is 30.3 Å². The predicted molar refractivity (Wildman–Crippen MR) is 84.9 cm³/mol.